The number of esters is 1. The second kappa shape index (κ2) is 30.7. The molecule has 25 heteroatoms. The number of amides is 6. The molecule has 0 radical (unpaired) electrons. The fourth-order valence-electron chi connectivity index (χ4n) is 8.85. The molecule has 0 bridgehead atoms. The van der Waals surface area contributed by atoms with Gasteiger partial charge in [-0.3, -0.25) is 49.1 Å². The molecule has 3 aliphatic heterocycles. The first kappa shape index (κ1) is 67.8. The minimum absolute atomic E-state index is 0.00386. The Kier molecular flexibility index (Phi) is 24.5. The number of nitrogens with one attached hydrogen (secondary N) is 2. The number of alkyl halides is 1. The fraction of sp³-hybridized carbons (Fsp3) is 0.283. The fourth-order valence-corrected chi connectivity index (χ4v) is 9.72. The molecule has 440 valence electrons. The summed E-state index contributed by atoms with van der Waals surface area (Å²) in [5.41, 5.74) is 2.80. The lowest BCUT2D eigenvalue weighted by atomic mass is 9.67. The number of carbonyl (C=O) groups is 8. The number of likely N-dealkylation sites (tertiary alicyclic amines) is 1. The first-order valence-electron chi connectivity index (χ1n) is 25.6. The summed E-state index contributed by atoms with van der Waals surface area (Å²) >= 11 is 34.5. The Hall–Kier alpha value is -8.01. The van der Waals surface area contributed by atoms with Crippen molar-refractivity contribution in [2.45, 2.75) is 95.4 Å². The summed E-state index contributed by atoms with van der Waals surface area (Å²) in [6, 6.07) is 30.0. The molecule has 5 aromatic heterocycles. The number of hydrogen-bond acceptors (Lipinski definition) is 16. The van der Waals surface area contributed by atoms with E-state index in [2.05, 4.69) is 35.6 Å². The van der Waals surface area contributed by atoms with Crippen molar-refractivity contribution in [1.29, 1.82) is 10.5 Å². The molecular weight excluding hydrogens is 1220 g/mol. The number of carbonyl (C=O) groups excluding carboxylic acids is 8. The third-order valence-corrected chi connectivity index (χ3v) is 15.5. The van der Waals surface area contributed by atoms with Gasteiger partial charge >= 0.3 is 5.97 Å². The van der Waals surface area contributed by atoms with E-state index >= 15 is 0 Å². The van der Waals surface area contributed by atoms with Crippen molar-refractivity contribution in [1.82, 2.24) is 40.5 Å². The number of pyridine rings is 5. The largest absolute Gasteiger partial charge is 0.462 e. The third-order valence-electron chi connectivity index (χ3n) is 13.7. The lowest BCUT2D eigenvalue weighted by Gasteiger charge is -2.39. The monoisotopic (exact) mass is 1270 g/mol. The number of allylic oxidation sites excluding steroid dienone is 1. The minimum Gasteiger partial charge on any atom is -0.462 e. The van der Waals surface area contributed by atoms with E-state index in [0.29, 0.717) is 62.3 Å². The molecule has 6 aromatic rings. The van der Waals surface area contributed by atoms with Gasteiger partial charge in [0.05, 0.1) is 19.2 Å². The standard InChI is InChI=1S/C18H17ClN2O2.C12H9Cl2N3O2.C12H11ClN2O2.C11H11ClN2O2.C7H6ClNO/c1-18(14-7-8-15(19)20-11-14)9-16(22)21(17(23)10-18)12-13-5-3-2-4-6-13;1-12(6-2-3-8(13)16-5-6)7(4-15)10(18)17-11(19)9(12)14;1-3-17-12(16)10(6-14)8(2)9-4-5-11(13)15-7-9;1-11(4-9(15)14-10(16)5-11)7-2-3-8(12)13-6-7;1-5(10)6-2-3-7(8)9-4-6/h2-8,11H,9-10,12H2,1H3;2-3,5,7,9H,1H3,(H,17,18,19);4-5,7H,3H2,1-2H3;2-3,6H,4-5H2,1H3,(H,14,15,16);2-4H,1H3/b;;10-8+;;. The van der Waals surface area contributed by atoms with E-state index in [1.165, 1.54) is 36.5 Å². The Labute approximate surface area is 520 Å². The van der Waals surface area contributed by atoms with Crippen LogP contribution in [0.5, 0.6) is 0 Å². The summed E-state index contributed by atoms with van der Waals surface area (Å²) in [5, 5.41) is 23.3. The summed E-state index contributed by atoms with van der Waals surface area (Å²) in [6.45, 7) is 10.8. The molecule has 6 amide bonds. The van der Waals surface area contributed by atoms with Crippen LogP contribution in [0.25, 0.3) is 5.57 Å². The van der Waals surface area contributed by atoms with Gasteiger partial charge in [0.2, 0.25) is 35.4 Å². The average Bonchev–Trinajstić information content (AvgIpc) is 1.24. The Morgan fingerprint density at radius 1 is 0.600 bits per heavy atom. The van der Waals surface area contributed by atoms with Crippen LogP contribution in [0.2, 0.25) is 25.8 Å². The van der Waals surface area contributed by atoms with E-state index in [-0.39, 0.29) is 59.6 Å². The first-order valence-corrected chi connectivity index (χ1v) is 28.0. The highest BCUT2D eigenvalue weighted by Gasteiger charge is 2.54. The molecular formula is C60H54Cl6N10O9. The zero-order chi connectivity index (χ0) is 62.8. The average molecular weight is 1270 g/mol. The zero-order valence-corrected chi connectivity index (χ0v) is 51.0. The van der Waals surface area contributed by atoms with E-state index < -0.39 is 45.3 Å². The predicted molar refractivity (Wildman–Crippen MR) is 319 cm³/mol. The highest BCUT2D eigenvalue weighted by molar-refractivity contribution is 6.34. The molecule has 3 atom stereocenters. The second-order valence-corrected chi connectivity index (χ2v) is 22.3. The maximum Gasteiger partial charge on any atom is 0.349 e. The summed E-state index contributed by atoms with van der Waals surface area (Å²) < 4.78 is 4.80. The molecule has 8 heterocycles. The van der Waals surface area contributed by atoms with Crippen LogP contribution in [-0.4, -0.2) is 89.0 Å². The maximum absolute atomic E-state index is 12.5. The van der Waals surface area contributed by atoms with Gasteiger partial charge in [-0.25, -0.2) is 29.7 Å². The van der Waals surface area contributed by atoms with Gasteiger partial charge in [0, 0.05) is 78.5 Å². The highest BCUT2D eigenvalue weighted by Crippen LogP contribution is 2.41. The van der Waals surface area contributed by atoms with Crippen molar-refractivity contribution in [2.75, 3.05) is 6.61 Å². The van der Waals surface area contributed by atoms with E-state index in [4.69, 9.17) is 79.6 Å². The number of nitrogens with zero attached hydrogens (tertiary/aromatic N) is 8. The van der Waals surface area contributed by atoms with E-state index in [1.54, 1.807) is 81.7 Å². The topological polar surface area (TPSA) is 285 Å². The molecule has 2 N–H and O–H groups in total. The van der Waals surface area contributed by atoms with Gasteiger partial charge < -0.3 is 4.74 Å². The molecule has 3 fully saturated rings. The number of Topliss-reactive ketones (excluding diaryl/α,β-unsaturated/α-hetero) is 1. The third kappa shape index (κ3) is 18.2. The van der Waals surface area contributed by atoms with Crippen LogP contribution in [0.15, 0.2) is 128 Å². The van der Waals surface area contributed by atoms with E-state index in [9.17, 15) is 43.6 Å². The number of halogens is 6. The van der Waals surface area contributed by atoms with Crippen LogP contribution in [0, 0.1) is 28.6 Å². The van der Waals surface area contributed by atoms with Crippen molar-refractivity contribution >= 4 is 122 Å². The quantitative estimate of drug-likeness (QED) is 0.0259. The molecule has 0 aliphatic carbocycles. The van der Waals surface area contributed by atoms with Gasteiger partial charge in [-0.05, 0) is 90.6 Å². The molecule has 1 aromatic carbocycles. The van der Waals surface area contributed by atoms with Gasteiger partial charge in [-0.1, -0.05) is 133 Å². The Morgan fingerprint density at radius 2 is 1.04 bits per heavy atom. The Morgan fingerprint density at radius 3 is 1.44 bits per heavy atom. The SMILES string of the molecule is CC(=O)c1ccc(Cl)nc1.CC1(c2ccc(Cl)nc2)C(Cl)C(=O)NC(=O)C1C#N.CC1(c2ccc(Cl)nc2)CC(=O)N(Cc2ccccc2)C(=O)C1.CC1(c2ccc(Cl)nc2)CC(=O)NC(=O)C1.CCOC(=O)/C(C#N)=C(\C)c1ccc(Cl)nc1. The lowest BCUT2D eigenvalue weighted by molar-refractivity contribution is -0.151. The molecule has 19 nitrogen and oxygen atoms in total. The van der Waals surface area contributed by atoms with E-state index in [1.807, 2.05) is 62.4 Å². The normalized spacial score (nSPS) is 18.6. The molecule has 3 saturated heterocycles. The Balaban J connectivity index is 0.000000198. The highest BCUT2D eigenvalue weighted by atomic mass is 35.5. The summed E-state index contributed by atoms with van der Waals surface area (Å²) in [4.78, 5) is 114. The zero-order valence-electron chi connectivity index (χ0n) is 46.5. The number of imide groups is 3. The summed E-state index contributed by atoms with van der Waals surface area (Å²) in [6.07, 6.45) is 8.82. The predicted octanol–water partition coefficient (Wildman–Crippen LogP) is 10.7. The van der Waals surface area contributed by atoms with Gasteiger partial charge in [-0.2, -0.15) is 10.5 Å². The Bertz CT molecular complexity index is 3510. The number of hydrogen-bond donors (Lipinski definition) is 2. The van der Waals surface area contributed by atoms with Crippen molar-refractivity contribution in [3.05, 3.63) is 187 Å². The van der Waals surface area contributed by atoms with Gasteiger partial charge in [-0.15, -0.1) is 11.6 Å². The lowest BCUT2D eigenvalue weighted by Crippen LogP contribution is -2.60. The first-order chi connectivity index (χ1) is 40.2. The van der Waals surface area contributed by atoms with Gasteiger partial charge in [0.1, 0.15) is 48.7 Å². The second-order valence-electron chi connectivity index (χ2n) is 20.0. The van der Waals surface area contributed by atoms with Crippen molar-refractivity contribution in [3.63, 3.8) is 0 Å². The van der Waals surface area contributed by atoms with Crippen molar-refractivity contribution in [2.24, 2.45) is 5.92 Å². The number of benzene rings is 1. The molecule has 9 rings (SSSR count). The van der Waals surface area contributed by atoms with Crippen molar-refractivity contribution < 1.29 is 43.1 Å². The molecule has 85 heavy (non-hydrogen) atoms. The van der Waals surface area contributed by atoms with Crippen molar-refractivity contribution in [3.8, 4) is 12.1 Å². The van der Waals surface area contributed by atoms with Crippen LogP contribution in [0.3, 0.4) is 0 Å². The smallest absolute Gasteiger partial charge is 0.349 e. The van der Waals surface area contributed by atoms with E-state index in [0.717, 1.165) is 16.7 Å². The number of aromatic nitrogens is 5. The summed E-state index contributed by atoms with van der Waals surface area (Å²) in [5.74, 6) is -3.74. The van der Waals surface area contributed by atoms with Crippen LogP contribution in [-0.2, 0) is 61.1 Å². The minimum atomic E-state index is -1.15. The maximum atomic E-state index is 12.5. The van der Waals surface area contributed by atoms with Gasteiger partial charge in [0.25, 0.3) is 0 Å². The molecule has 3 unspecified atom stereocenters. The van der Waals surface area contributed by atoms with Gasteiger partial charge in [0.15, 0.2) is 5.78 Å². The molecule has 0 saturated carbocycles. The number of ketones is 1. The summed E-state index contributed by atoms with van der Waals surface area (Å²) in [7, 11) is 0. The van der Waals surface area contributed by atoms with Crippen LogP contribution >= 0.6 is 69.6 Å². The number of piperidine rings is 3. The molecule has 3 aliphatic rings. The van der Waals surface area contributed by atoms with Crippen LogP contribution in [0.1, 0.15) is 105 Å². The number of ether oxygens (including phenoxy) is 1. The van der Waals surface area contributed by atoms with Crippen LogP contribution in [0.4, 0.5) is 0 Å². The number of nitriles is 2. The number of rotatable bonds is 9. The molecule has 0 spiro atoms. The van der Waals surface area contributed by atoms with Crippen LogP contribution < -0.4 is 10.6 Å².